The Bertz CT molecular complexity index is 1160. The number of nitrogens with zero attached hydrogens (tertiary/aromatic N) is 1. The van der Waals surface area contributed by atoms with Crippen LogP contribution in [0.15, 0.2) is 77.7 Å². The molecule has 10 heteroatoms. The Labute approximate surface area is 179 Å². The van der Waals surface area contributed by atoms with Gasteiger partial charge in [-0.2, -0.15) is 8.42 Å². The van der Waals surface area contributed by atoms with Gasteiger partial charge in [-0.1, -0.05) is 24.3 Å². The number of rotatable bonds is 9. The third-order valence-corrected chi connectivity index (χ3v) is 5.85. The fraction of sp³-hybridized carbons (Fsp3) is 0.143. The second kappa shape index (κ2) is 9.67. The first-order chi connectivity index (χ1) is 14.8. The highest BCUT2D eigenvalue weighted by Gasteiger charge is 2.23. The molecule has 0 spiro atoms. The van der Waals surface area contributed by atoms with Gasteiger partial charge in [0.2, 0.25) is 0 Å². The molecule has 0 fully saturated rings. The molecule has 0 atom stereocenters. The summed E-state index contributed by atoms with van der Waals surface area (Å²) in [5.41, 5.74) is 0.453. The van der Waals surface area contributed by atoms with Crippen LogP contribution in [-0.4, -0.2) is 27.6 Å². The quantitative estimate of drug-likeness (QED) is 0.232. The molecule has 0 aliphatic rings. The van der Waals surface area contributed by atoms with Gasteiger partial charge in [0.15, 0.2) is 6.29 Å². The second-order valence-electron chi connectivity index (χ2n) is 6.43. The van der Waals surface area contributed by atoms with Crippen molar-refractivity contribution in [2.75, 3.05) is 14.2 Å². The third-order valence-electron chi connectivity index (χ3n) is 4.33. The number of sulfonamides is 1. The van der Waals surface area contributed by atoms with Crippen molar-refractivity contribution in [3.63, 3.8) is 0 Å². The Morgan fingerprint density at radius 1 is 0.903 bits per heavy atom. The number of hydrogen-bond donors (Lipinski definition) is 1. The van der Waals surface area contributed by atoms with Crippen molar-refractivity contribution < 1.29 is 32.3 Å². The van der Waals surface area contributed by atoms with Crippen molar-refractivity contribution in [2.45, 2.75) is 11.2 Å². The number of ether oxygens (including phenoxy) is 3. The third kappa shape index (κ3) is 5.44. The molecule has 0 bridgehead atoms. The van der Waals surface area contributed by atoms with E-state index in [4.69, 9.17) is 14.2 Å². The summed E-state index contributed by atoms with van der Waals surface area (Å²) in [6, 6.07) is 18.8. The van der Waals surface area contributed by atoms with Crippen molar-refractivity contribution in [2.24, 2.45) is 0 Å². The van der Waals surface area contributed by atoms with Crippen LogP contribution in [0, 0.1) is 10.1 Å². The summed E-state index contributed by atoms with van der Waals surface area (Å²) in [5, 5.41) is 11.3. The van der Waals surface area contributed by atoms with E-state index in [-0.39, 0.29) is 16.1 Å². The number of quaternary nitrogens is 1. The van der Waals surface area contributed by atoms with Crippen molar-refractivity contribution in [1.29, 1.82) is 0 Å². The van der Waals surface area contributed by atoms with Crippen LogP contribution in [0.4, 0.5) is 11.4 Å². The molecule has 0 unspecified atom stereocenters. The molecule has 2 N–H and O–H groups in total. The number of nitro groups is 1. The summed E-state index contributed by atoms with van der Waals surface area (Å²) in [7, 11) is -0.886. The number of primary sulfonamides is 1. The maximum atomic E-state index is 12.6. The Hall–Kier alpha value is -3.31. The van der Waals surface area contributed by atoms with Gasteiger partial charge in [-0.3, -0.25) is 10.1 Å². The summed E-state index contributed by atoms with van der Waals surface area (Å²) >= 11 is 0. The fourth-order valence-electron chi connectivity index (χ4n) is 2.95. The lowest BCUT2D eigenvalue weighted by atomic mass is 10.1. The van der Waals surface area contributed by atoms with Crippen LogP contribution >= 0.6 is 0 Å². The first-order valence-corrected chi connectivity index (χ1v) is 10.7. The van der Waals surface area contributed by atoms with E-state index in [0.717, 1.165) is 4.72 Å². The molecule has 31 heavy (non-hydrogen) atoms. The largest absolute Gasteiger partial charge is 0.457 e. The Morgan fingerprint density at radius 2 is 1.58 bits per heavy atom. The normalized spacial score (nSPS) is 11.5. The summed E-state index contributed by atoms with van der Waals surface area (Å²) in [6.07, 6.45) is -0.945. The van der Waals surface area contributed by atoms with Gasteiger partial charge < -0.3 is 14.2 Å². The van der Waals surface area contributed by atoms with Gasteiger partial charge in [0.25, 0.3) is 5.69 Å². The molecule has 162 valence electrons. The first-order valence-electron chi connectivity index (χ1n) is 9.11. The number of benzene rings is 3. The van der Waals surface area contributed by atoms with Crippen LogP contribution in [0.5, 0.6) is 11.5 Å². The second-order valence-corrected chi connectivity index (χ2v) is 8.23. The van der Waals surface area contributed by atoms with Crippen LogP contribution in [-0.2, 0) is 19.5 Å². The molecule has 0 saturated heterocycles. The van der Waals surface area contributed by atoms with E-state index in [0.29, 0.717) is 17.2 Å². The van der Waals surface area contributed by atoms with E-state index in [2.05, 4.69) is 0 Å². The van der Waals surface area contributed by atoms with Crippen molar-refractivity contribution in [3.8, 4) is 11.5 Å². The molecule has 3 aromatic carbocycles. The average molecular weight is 445 g/mol. The van der Waals surface area contributed by atoms with Crippen molar-refractivity contribution in [1.82, 2.24) is 0 Å². The minimum atomic E-state index is -3.63. The highest BCUT2D eigenvalue weighted by molar-refractivity contribution is 7.85. The Morgan fingerprint density at radius 3 is 2.23 bits per heavy atom. The molecule has 0 heterocycles. The Kier molecular flexibility index (Phi) is 6.98. The zero-order valence-corrected chi connectivity index (χ0v) is 17.6. The standard InChI is InChI=1S/C21H20N2O7S/c1-28-21(29-2)19-14-17(11-12-20(19)23(24)25)30-16-8-6-7-15(13-16)22-31(26,27)18-9-4-3-5-10-18/h3-14,21-22H,1-2H3/p+1. The SMILES string of the molecule is COC(OC)c1cc(Oc2cccc([NH2+]S(=O)(=O)c3ccccc3)c2)ccc1[N+](=O)[O-]. The van der Waals surface area contributed by atoms with Gasteiger partial charge in [0.05, 0.1) is 10.5 Å². The molecule has 3 aromatic rings. The van der Waals surface area contributed by atoms with E-state index in [9.17, 15) is 18.5 Å². The molecule has 0 aromatic heterocycles. The topological polar surface area (TPSA) is 122 Å². The van der Waals surface area contributed by atoms with Crippen LogP contribution in [0.25, 0.3) is 0 Å². The van der Waals surface area contributed by atoms with Crippen molar-refractivity contribution in [3.05, 3.63) is 88.5 Å². The first kappa shape index (κ1) is 22.4. The lowest BCUT2D eigenvalue weighted by Crippen LogP contribution is -2.81. The highest BCUT2D eigenvalue weighted by Crippen LogP contribution is 2.33. The Balaban J connectivity index is 1.86. The molecule has 0 amide bonds. The van der Waals surface area contributed by atoms with Gasteiger partial charge in [-0.25, -0.2) is 4.72 Å². The lowest BCUT2D eigenvalue weighted by molar-refractivity contribution is -0.397. The van der Waals surface area contributed by atoms with Gasteiger partial charge >= 0.3 is 10.0 Å². The van der Waals surface area contributed by atoms with Crippen molar-refractivity contribution >= 4 is 21.4 Å². The highest BCUT2D eigenvalue weighted by atomic mass is 32.2. The average Bonchev–Trinajstić information content (AvgIpc) is 2.75. The van der Waals surface area contributed by atoms with Crippen LogP contribution < -0.4 is 9.46 Å². The zero-order chi connectivity index (χ0) is 22.4. The predicted molar refractivity (Wildman–Crippen MR) is 112 cm³/mol. The van der Waals surface area contributed by atoms with Crippen LogP contribution in [0.2, 0.25) is 0 Å². The van der Waals surface area contributed by atoms with Gasteiger partial charge in [0, 0.05) is 32.4 Å². The minimum Gasteiger partial charge on any atom is -0.457 e. The van der Waals surface area contributed by atoms with E-state index < -0.39 is 21.2 Å². The number of nitro benzene ring substituents is 1. The maximum Gasteiger partial charge on any atom is 0.328 e. The molecular formula is C21H21N2O7S+. The van der Waals surface area contributed by atoms with E-state index in [1.165, 1.54) is 44.6 Å². The van der Waals surface area contributed by atoms with Crippen LogP contribution in [0.1, 0.15) is 11.9 Å². The number of methoxy groups -OCH3 is 2. The summed E-state index contributed by atoms with van der Waals surface area (Å²) in [5.74, 6) is 0.672. The molecule has 9 nitrogen and oxygen atoms in total. The fourth-order valence-corrected chi connectivity index (χ4v) is 4.12. The summed E-state index contributed by atoms with van der Waals surface area (Å²) in [6.45, 7) is 0. The maximum absolute atomic E-state index is 12.6. The molecule has 0 saturated carbocycles. The minimum absolute atomic E-state index is 0.169. The van der Waals surface area contributed by atoms with E-state index >= 15 is 0 Å². The molecule has 0 radical (unpaired) electrons. The molecule has 0 aliphatic heterocycles. The molecular weight excluding hydrogens is 424 g/mol. The smallest absolute Gasteiger partial charge is 0.328 e. The van der Waals surface area contributed by atoms with E-state index in [1.807, 2.05) is 0 Å². The summed E-state index contributed by atoms with van der Waals surface area (Å²) < 4.78 is 42.4. The number of nitrogens with two attached hydrogens (primary N) is 1. The van der Waals surface area contributed by atoms with E-state index in [1.54, 1.807) is 42.5 Å². The molecule has 0 aliphatic carbocycles. The van der Waals surface area contributed by atoms with Gasteiger partial charge in [-0.05, 0) is 30.3 Å². The predicted octanol–water partition coefficient (Wildman–Crippen LogP) is 3.26. The summed E-state index contributed by atoms with van der Waals surface area (Å²) in [4.78, 5) is 11.0. The van der Waals surface area contributed by atoms with Crippen LogP contribution in [0.3, 0.4) is 0 Å². The number of hydrogen-bond acceptors (Lipinski definition) is 7. The van der Waals surface area contributed by atoms with Gasteiger partial charge in [-0.15, -0.1) is 0 Å². The lowest BCUT2D eigenvalue weighted by Gasteiger charge is -2.15. The zero-order valence-electron chi connectivity index (χ0n) is 16.8. The monoisotopic (exact) mass is 445 g/mol. The molecule has 3 rings (SSSR count). The van der Waals surface area contributed by atoms with Gasteiger partial charge in [0.1, 0.15) is 22.1 Å².